The lowest BCUT2D eigenvalue weighted by Crippen LogP contribution is -2.11. The van der Waals surface area contributed by atoms with Gasteiger partial charge in [-0.3, -0.25) is 14.9 Å². The fourth-order valence-corrected chi connectivity index (χ4v) is 1.65. The minimum atomic E-state index is -0.422. The lowest BCUT2D eigenvalue weighted by molar-refractivity contribution is -0.385. The van der Waals surface area contributed by atoms with Crippen LogP contribution in [0.2, 0.25) is 0 Å². The summed E-state index contributed by atoms with van der Waals surface area (Å²) in [6.45, 7) is 3.75. The number of carbonyl (C=O) groups is 1. The van der Waals surface area contributed by atoms with Crippen LogP contribution in [0.15, 0.2) is 18.2 Å². The van der Waals surface area contributed by atoms with Crippen molar-refractivity contribution in [3.8, 4) is 0 Å². The lowest BCUT2D eigenvalue weighted by Gasteiger charge is -2.06. The zero-order valence-corrected chi connectivity index (χ0v) is 10.6. The van der Waals surface area contributed by atoms with Crippen LogP contribution in [0.1, 0.15) is 32.3 Å². The lowest BCUT2D eigenvalue weighted by atomic mass is 10.1. The third-order valence-electron chi connectivity index (χ3n) is 2.47. The highest BCUT2D eigenvalue weighted by molar-refractivity contribution is 5.91. The van der Waals surface area contributed by atoms with Crippen LogP contribution in [-0.4, -0.2) is 10.8 Å². The number of anilines is 1. The molecule has 1 aromatic carbocycles. The minimum absolute atomic E-state index is 0.0439. The topological polar surface area (TPSA) is 72.2 Å². The summed E-state index contributed by atoms with van der Waals surface area (Å²) in [4.78, 5) is 21.9. The van der Waals surface area contributed by atoms with Crippen LogP contribution in [0.5, 0.6) is 0 Å². The fraction of sp³-hybridized carbons (Fsp3) is 0.385. The molecule has 1 aromatic rings. The van der Waals surface area contributed by atoms with Gasteiger partial charge in [0.05, 0.1) is 4.92 Å². The number of amides is 1. The standard InChI is InChI=1S/C13H17N2O3/c1-3-5-10-7-8-11(9-12(10)15(17)18)14-13(16)6-4-2/h3,7-9H,4-6H2,1-2H3,(H,14,16). The van der Waals surface area contributed by atoms with E-state index in [2.05, 4.69) is 5.32 Å². The van der Waals surface area contributed by atoms with E-state index in [1.165, 1.54) is 6.07 Å². The molecule has 1 radical (unpaired) electrons. The number of rotatable bonds is 6. The summed E-state index contributed by atoms with van der Waals surface area (Å²) >= 11 is 0. The van der Waals surface area contributed by atoms with Crippen LogP contribution in [0.25, 0.3) is 0 Å². The molecule has 18 heavy (non-hydrogen) atoms. The van der Waals surface area contributed by atoms with Crippen LogP contribution >= 0.6 is 0 Å². The molecule has 0 aromatic heterocycles. The van der Waals surface area contributed by atoms with Gasteiger partial charge >= 0.3 is 0 Å². The van der Waals surface area contributed by atoms with Gasteiger partial charge in [0.2, 0.25) is 5.91 Å². The quantitative estimate of drug-likeness (QED) is 0.622. The zero-order valence-electron chi connectivity index (χ0n) is 10.6. The van der Waals surface area contributed by atoms with Gasteiger partial charge in [0.25, 0.3) is 5.69 Å². The maximum atomic E-state index is 11.4. The Morgan fingerprint density at radius 2 is 2.22 bits per heavy atom. The normalized spacial score (nSPS) is 10.1. The molecule has 5 heteroatoms. The van der Waals surface area contributed by atoms with Crippen LogP contribution in [0.4, 0.5) is 11.4 Å². The molecule has 0 spiro atoms. The Balaban J connectivity index is 2.92. The highest BCUT2D eigenvalue weighted by Gasteiger charge is 2.14. The summed E-state index contributed by atoms with van der Waals surface area (Å²) in [5.74, 6) is -0.124. The van der Waals surface area contributed by atoms with Crippen LogP contribution < -0.4 is 5.32 Å². The summed E-state index contributed by atoms with van der Waals surface area (Å²) in [5.41, 5.74) is 1.17. The van der Waals surface area contributed by atoms with Gasteiger partial charge in [0.15, 0.2) is 0 Å². The number of nitrogens with one attached hydrogen (secondary N) is 1. The van der Waals surface area contributed by atoms with Gasteiger partial charge in [0, 0.05) is 23.7 Å². The largest absolute Gasteiger partial charge is 0.326 e. The number of nitro benzene ring substituents is 1. The van der Waals surface area contributed by atoms with Gasteiger partial charge in [-0.15, -0.1) is 0 Å². The van der Waals surface area contributed by atoms with Gasteiger partial charge in [-0.25, -0.2) is 0 Å². The van der Waals surface area contributed by atoms with Crippen molar-refractivity contribution in [2.45, 2.75) is 33.1 Å². The third kappa shape index (κ3) is 3.84. The molecule has 0 heterocycles. The average Bonchev–Trinajstić information content (AvgIpc) is 2.31. The van der Waals surface area contributed by atoms with Crippen molar-refractivity contribution < 1.29 is 9.72 Å². The Labute approximate surface area is 106 Å². The van der Waals surface area contributed by atoms with E-state index < -0.39 is 4.92 Å². The summed E-state index contributed by atoms with van der Waals surface area (Å²) in [5, 5.41) is 13.6. The van der Waals surface area contributed by atoms with Crippen LogP contribution in [0, 0.1) is 16.5 Å². The Hall–Kier alpha value is -1.91. The second kappa shape index (κ2) is 6.74. The maximum absolute atomic E-state index is 11.4. The molecule has 5 nitrogen and oxygen atoms in total. The molecule has 0 atom stereocenters. The number of benzene rings is 1. The maximum Gasteiger partial charge on any atom is 0.274 e. The fourth-order valence-electron chi connectivity index (χ4n) is 1.65. The molecule has 0 unspecified atom stereocenters. The van der Waals surface area contributed by atoms with E-state index in [1.807, 2.05) is 20.3 Å². The van der Waals surface area contributed by atoms with Gasteiger partial charge in [0.1, 0.15) is 0 Å². The van der Waals surface area contributed by atoms with Crippen LogP contribution in [0.3, 0.4) is 0 Å². The number of nitro groups is 1. The SMILES string of the molecule is C[CH]Cc1ccc(NC(=O)CCC)cc1[N+](=O)[O-]. The molecule has 0 aliphatic carbocycles. The molecule has 0 fully saturated rings. The Kier molecular flexibility index (Phi) is 5.30. The van der Waals surface area contributed by atoms with E-state index in [0.29, 0.717) is 24.1 Å². The smallest absolute Gasteiger partial charge is 0.274 e. The molecule has 1 amide bonds. The predicted molar refractivity (Wildman–Crippen MR) is 70.3 cm³/mol. The summed E-state index contributed by atoms with van der Waals surface area (Å²) in [6.07, 6.45) is 3.56. The monoisotopic (exact) mass is 249 g/mol. The molecular formula is C13H17N2O3. The van der Waals surface area contributed by atoms with Crippen molar-refractivity contribution >= 4 is 17.3 Å². The molecule has 0 saturated carbocycles. The summed E-state index contributed by atoms with van der Waals surface area (Å²) in [7, 11) is 0. The van der Waals surface area contributed by atoms with Crippen molar-refractivity contribution in [1.82, 2.24) is 0 Å². The van der Waals surface area contributed by atoms with Crippen molar-refractivity contribution in [1.29, 1.82) is 0 Å². The van der Waals surface area contributed by atoms with E-state index in [4.69, 9.17) is 0 Å². The average molecular weight is 249 g/mol. The molecule has 1 N–H and O–H groups in total. The van der Waals surface area contributed by atoms with Gasteiger partial charge in [-0.1, -0.05) is 19.9 Å². The van der Waals surface area contributed by atoms with E-state index in [9.17, 15) is 14.9 Å². The second-order valence-corrected chi connectivity index (χ2v) is 4.01. The number of hydrogen-bond donors (Lipinski definition) is 1. The molecular weight excluding hydrogens is 232 g/mol. The van der Waals surface area contributed by atoms with E-state index in [-0.39, 0.29) is 11.6 Å². The first-order valence-electron chi connectivity index (χ1n) is 5.93. The van der Waals surface area contributed by atoms with Crippen molar-refractivity contribution in [3.05, 3.63) is 40.3 Å². The Morgan fingerprint density at radius 1 is 1.50 bits per heavy atom. The first kappa shape index (κ1) is 14.2. The Bertz CT molecular complexity index is 444. The molecule has 0 saturated heterocycles. The highest BCUT2D eigenvalue weighted by Crippen LogP contribution is 2.24. The minimum Gasteiger partial charge on any atom is -0.326 e. The molecule has 0 bridgehead atoms. The van der Waals surface area contributed by atoms with Gasteiger partial charge in [-0.05, 0) is 25.3 Å². The van der Waals surface area contributed by atoms with E-state index >= 15 is 0 Å². The summed E-state index contributed by atoms with van der Waals surface area (Å²) < 4.78 is 0. The third-order valence-corrected chi connectivity index (χ3v) is 2.47. The zero-order chi connectivity index (χ0) is 13.5. The van der Waals surface area contributed by atoms with Crippen LogP contribution in [-0.2, 0) is 11.2 Å². The molecule has 97 valence electrons. The molecule has 1 rings (SSSR count). The number of carbonyl (C=O) groups excluding carboxylic acids is 1. The second-order valence-electron chi connectivity index (χ2n) is 4.01. The van der Waals surface area contributed by atoms with Gasteiger partial charge in [-0.2, -0.15) is 0 Å². The first-order chi connectivity index (χ1) is 8.58. The number of hydrogen-bond acceptors (Lipinski definition) is 3. The van der Waals surface area contributed by atoms with Crippen molar-refractivity contribution in [3.63, 3.8) is 0 Å². The van der Waals surface area contributed by atoms with Crippen molar-refractivity contribution in [2.75, 3.05) is 5.32 Å². The van der Waals surface area contributed by atoms with E-state index in [0.717, 1.165) is 6.42 Å². The van der Waals surface area contributed by atoms with Crippen molar-refractivity contribution in [2.24, 2.45) is 0 Å². The van der Waals surface area contributed by atoms with E-state index in [1.54, 1.807) is 12.1 Å². The summed E-state index contributed by atoms with van der Waals surface area (Å²) in [6, 6.07) is 4.78. The highest BCUT2D eigenvalue weighted by atomic mass is 16.6. The molecule has 0 aliphatic heterocycles. The number of nitrogens with zero attached hydrogens (tertiary/aromatic N) is 1. The molecule has 0 aliphatic rings. The first-order valence-corrected chi connectivity index (χ1v) is 5.93. The Morgan fingerprint density at radius 3 is 2.78 bits per heavy atom. The van der Waals surface area contributed by atoms with Gasteiger partial charge < -0.3 is 5.32 Å². The predicted octanol–water partition coefficient (Wildman–Crippen LogP) is 3.10.